The molecule has 1 N–H and O–H groups in total. The lowest BCUT2D eigenvalue weighted by atomic mass is 9.97. The van der Waals surface area contributed by atoms with Crippen LogP contribution in [0.15, 0.2) is 45.9 Å². The standard InChI is InChI=1S/C27H31N3O2S2/c1-18-11-13-20(14-12-18)30-26(32)24-21-9-5-6-10-22(21)34-25(24)29-27(30)33-17-23(31)28-16-15-19-7-3-2-4-8-19/h7,11-14H,2-6,8-10,15-17H2,1H3,(H,28,31). The topological polar surface area (TPSA) is 64.0 Å². The average molecular weight is 494 g/mol. The first-order valence-corrected chi connectivity index (χ1v) is 14.1. The number of nitrogens with zero attached hydrogens (tertiary/aromatic N) is 2. The third-order valence-corrected chi connectivity index (χ3v) is 8.86. The van der Waals surface area contributed by atoms with Gasteiger partial charge < -0.3 is 5.32 Å². The molecule has 0 atom stereocenters. The van der Waals surface area contributed by atoms with E-state index >= 15 is 0 Å². The number of nitrogens with one attached hydrogen (secondary N) is 1. The van der Waals surface area contributed by atoms with E-state index in [2.05, 4.69) is 11.4 Å². The Kier molecular flexibility index (Phi) is 7.21. The molecule has 5 rings (SSSR count). The van der Waals surface area contributed by atoms with Gasteiger partial charge in [-0.3, -0.25) is 14.2 Å². The number of allylic oxidation sites excluding steroid dienone is 1. The van der Waals surface area contributed by atoms with Crippen LogP contribution in [-0.4, -0.2) is 27.8 Å². The van der Waals surface area contributed by atoms with Gasteiger partial charge in [-0.1, -0.05) is 41.1 Å². The van der Waals surface area contributed by atoms with Crippen molar-refractivity contribution in [2.75, 3.05) is 12.3 Å². The summed E-state index contributed by atoms with van der Waals surface area (Å²) in [4.78, 5) is 33.4. The number of aryl methyl sites for hydroxylation is 3. The van der Waals surface area contributed by atoms with Crippen LogP contribution in [0.1, 0.15) is 60.9 Å². The minimum absolute atomic E-state index is 0.0135. The molecule has 2 aromatic heterocycles. The number of carbonyl (C=O) groups excluding carboxylic acids is 1. The first-order chi connectivity index (χ1) is 16.6. The molecular weight excluding hydrogens is 462 g/mol. The number of rotatable bonds is 7. The van der Waals surface area contributed by atoms with Crippen molar-refractivity contribution < 1.29 is 4.79 Å². The van der Waals surface area contributed by atoms with Crippen molar-refractivity contribution >= 4 is 39.2 Å². The summed E-state index contributed by atoms with van der Waals surface area (Å²) in [6.45, 7) is 2.70. The molecule has 7 heteroatoms. The number of carbonyl (C=O) groups is 1. The van der Waals surface area contributed by atoms with E-state index < -0.39 is 0 Å². The minimum Gasteiger partial charge on any atom is -0.355 e. The number of aromatic nitrogens is 2. The fourth-order valence-electron chi connectivity index (χ4n) is 4.88. The number of thioether (sulfide) groups is 1. The minimum atomic E-state index is -0.0170. The number of amides is 1. The molecule has 0 aliphatic heterocycles. The normalized spacial score (nSPS) is 15.7. The molecule has 5 nitrogen and oxygen atoms in total. The SMILES string of the molecule is Cc1ccc(-n2c(SCC(=O)NCCC3=CCCCC3)nc3sc4c(c3c2=O)CCCC4)cc1. The van der Waals surface area contributed by atoms with Crippen LogP contribution in [0.2, 0.25) is 0 Å². The Balaban J connectivity index is 1.39. The lowest BCUT2D eigenvalue weighted by Gasteiger charge is -2.14. The molecule has 0 bridgehead atoms. The molecule has 178 valence electrons. The summed E-state index contributed by atoms with van der Waals surface area (Å²) in [5.41, 5.74) is 4.57. The van der Waals surface area contributed by atoms with Crippen molar-refractivity contribution in [1.29, 1.82) is 0 Å². The van der Waals surface area contributed by atoms with Crippen LogP contribution in [0.3, 0.4) is 0 Å². The molecule has 34 heavy (non-hydrogen) atoms. The highest BCUT2D eigenvalue weighted by molar-refractivity contribution is 7.99. The van der Waals surface area contributed by atoms with Crippen LogP contribution in [-0.2, 0) is 17.6 Å². The Morgan fingerprint density at radius 3 is 2.71 bits per heavy atom. The third-order valence-electron chi connectivity index (χ3n) is 6.74. The van der Waals surface area contributed by atoms with Gasteiger partial charge in [-0.2, -0.15) is 0 Å². The van der Waals surface area contributed by atoms with Gasteiger partial charge in [0.1, 0.15) is 4.83 Å². The van der Waals surface area contributed by atoms with Crippen LogP contribution in [0.4, 0.5) is 0 Å². The molecule has 1 aromatic carbocycles. The van der Waals surface area contributed by atoms with E-state index in [0.717, 1.165) is 60.0 Å². The van der Waals surface area contributed by atoms with Crippen molar-refractivity contribution in [2.24, 2.45) is 0 Å². The summed E-state index contributed by atoms with van der Waals surface area (Å²) in [6.07, 6.45) is 12.4. The Morgan fingerprint density at radius 2 is 1.91 bits per heavy atom. The number of thiophene rings is 1. The summed E-state index contributed by atoms with van der Waals surface area (Å²) in [5.74, 6) is 0.227. The van der Waals surface area contributed by atoms with Gasteiger partial charge in [0.25, 0.3) is 5.56 Å². The Labute approximate surface area is 208 Å². The first kappa shape index (κ1) is 23.4. The lowest BCUT2D eigenvalue weighted by molar-refractivity contribution is -0.118. The number of hydrogen-bond donors (Lipinski definition) is 1. The maximum atomic E-state index is 13.8. The number of hydrogen-bond acceptors (Lipinski definition) is 5. The number of fused-ring (bicyclic) bond motifs is 3. The Morgan fingerprint density at radius 1 is 1.12 bits per heavy atom. The van der Waals surface area contributed by atoms with Gasteiger partial charge in [-0.15, -0.1) is 11.3 Å². The lowest BCUT2D eigenvalue weighted by Crippen LogP contribution is -2.27. The van der Waals surface area contributed by atoms with E-state index in [-0.39, 0.29) is 17.2 Å². The predicted molar refractivity (Wildman–Crippen MR) is 141 cm³/mol. The second kappa shape index (κ2) is 10.5. The second-order valence-electron chi connectivity index (χ2n) is 9.26. The maximum Gasteiger partial charge on any atom is 0.267 e. The smallest absolute Gasteiger partial charge is 0.267 e. The van der Waals surface area contributed by atoms with Gasteiger partial charge in [0.15, 0.2) is 5.16 Å². The molecule has 0 radical (unpaired) electrons. The first-order valence-electron chi connectivity index (χ1n) is 12.3. The summed E-state index contributed by atoms with van der Waals surface area (Å²) >= 11 is 3.00. The Bertz CT molecular complexity index is 1290. The highest BCUT2D eigenvalue weighted by atomic mass is 32.2. The zero-order chi connectivity index (χ0) is 23.5. The van der Waals surface area contributed by atoms with E-state index in [1.54, 1.807) is 15.9 Å². The van der Waals surface area contributed by atoms with E-state index in [4.69, 9.17) is 4.98 Å². The highest BCUT2D eigenvalue weighted by Crippen LogP contribution is 2.35. The molecule has 0 saturated heterocycles. The molecule has 2 aliphatic rings. The van der Waals surface area contributed by atoms with Crippen molar-refractivity contribution in [3.63, 3.8) is 0 Å². The molecule has 0 spiro atoms. The van der Waals surface area contributed by atoms with E-state index in [0.29, 0.717) is 11.7 Å². The quantitative estimate of drug-likeness (QED) is 0.259. The van der Waals surface area contributed by atoms with E-state index in [1.807, 2.05) is 31.2 Å². The van der Waals surface area contributed by atoms with Gasteiger partial charge in [-0.25, -0.2) is 4.98 Å². The largest absolute Gasteiger partial charge is 0.355 e. The zero-order valence-electron chi connectivity index (χ0n) is 19.7. The molecule has 1 amide bonds. The highest BCUT2D eigenvalue weighted by Gasteiger charge is 2.23. The predicted octanol–water partition coefficient (Wildman–Crippen LogP) is 5.73. The monoisotopic (exact) mass is 493 g/mol. The summed E-state index contributed by atoms with van der Waals surface area (Å²) in [6, 6.07) is 7.95. The van der Waals surface area contributed by atoms with Gasteiger partial charge in [-0.05, 0) is 82.4 Å². The van der Waals surface area contributed by atoms with Gasteiger partial charge in [0.05, 0.1) is 16.8 Å². The summed E-state index contributed by atoms with van der Waals surface area (Å²) < 4.78 is 1.70. The van der Waals surface area contributed by atoms with Crippen LogP contribution in [0.5, 0.6) is 0 Å². The van der Waals surface area contributed by atoms with E-state index in [1.165, 1.54) is 47.0 Å². The fraction of sp³-hybridized carbons (Fsp3) is 0.444. The molecule has 2 heterocycles. The third kappa shape index (κ3) is 5.01. The Hall–Kier alpha value is -2.38. The second-order valence-corrected chi connectivity index (χ2v) is 11.3. The van der Waals surface area contributed by atoms with Gasteiger partial charge in [0.2, 0.25) is 5.91 Å². The molecule has 0 fully saturated rings. The van der Waals surface area contributed by atoms with Gasteiger partial charge in [0, 0.05) is 11.4 Å². The van der Waals surface area contributed by atoms with Crippen LogP contribution in [0.25, 0.3) is 15.9 Å². The van der Waals surface area contributed by atoms with Gasteiger partial charge >= 0.3 is 0 Å². The van der Waals surface area contributed by atoms with Crippen molar-refractivity contribution in [3.8, 4) is 5.69 Å². The number of benzene rings is 1. The summed E-state index contributed by atoms with van der Waals surface area (Å²) in [7, 11) is 0. The van der Waals surface area contributed by atoms with Crippen molar-refractivity contribution in [2.45, 2.75) is 69.9 Å². The molecule has 0 saturated carbocycles. The molecule has 2 aliphatic carbocycles. The van der Waals surface area contributed by atoms with Crippen molar-refractivity contribution in [1.82, 2.24) is 14.9 Å². The van der Waals surface area contributed by atoms with Crippen LogP contribution < -0.4 is 10.9 Å². The van der Waals surface area contributed by atoms with Crippen molar-refractivity contribution in [3.05, 3.63) is 62.3 Å². The molecule has 3 aromatic rings. The van der Waals surface area contributed by atoms with Crippen LogP contribution in [0, 0.1) is 6.92 Å². The van der Waals surface area contributed by atoms with Crippen LogP contribution >= 0.6 is 23.1 Å². The maximum absolute atomic E-state index is 13.8. The molecule has 0 unspecified atom stereocenters. The fourth-order valence-corrected chi connectivity index (χ4v) is 7.03. The molecular formula is C27H31N3O2S2. The summed E-state index contributed by atoms with van der Waals surface area (Å²) in [5, 5.41) is 4.41. The van der Waals surface area contributed by atoms with E-state index in [9.17, 15) is 9.59 Å². The average Bonchev–Trinajstić information content (AvgIpc) is 3.23. The zero-order valence-corrected chi connectivity index (χ0v) is 21.3.